The third-order valence-corrected chi connectivity index (χ3v) is 0. The van der Waals surface area contributed by atoms with Crippen molar-refractivity contribution >= 4 is 18.2 Å². The summed E-state index contributed by atoms with van der Waals surface area (Å²) in [5, 5.41) is 0. The monoisotopic (exact) mass is 204 g/mol. The molecule has 0 fully saturated rings. The number of hydrogen-bond acceptors (Lipinski definition) is 3. The fourth-order valence-corrected chi connectivity index (χ4v) is 0. The van der Waals surface area contributed by atoms with Crippen LogP contribution in [0.2, 0.25) is 0 Å². The van der Waals surface area contributed by atoms with Crippen LogP contribution < -0.4 is 18.9 Å². The minimum atomic E-state index is -4.67. The molecule has 0 aliphatic heterocycles. The van der Waals surface area contributed by atoms with E-state index in [0.717, 1.165) is 0 Å². The van der Waals surface area contributed by atoms with E-state index in [-0.39, 0.29) is 20.3 Å². The van der Waals surface area contributed by atoms with Crippen LogP contribution in [-0.4, -0.2) is 32.2 Å². The van der Waals surface area contributed by atoms with E-state index in [1.165, 1.54) is 0 Å². The minimum absolute atomic E-state index is 0. The molecule has 5 N–H and O–H groups in total. The predicted octanol–water partition coefficient (Wildman–Crippen LogP) is -4.46. The molecule has 0 heterocycles. The summed E-state index contributed by atoms with van der Waals surface area (Å²) in [4.78, 5) is 21.6. The Kier molecular flexibility index (Phi) is 9.82. The Morgan fingerprint density at radius 1 is 1.09 bits per heavy atom. The van der Waals surface area contributed by atoms with Gasteiger partial charge in [0.25, 0.3) is 0 Å². The fourth-order valence-electron chi connectivity index (χ4n) is 0. The first kappa shape index (κ1) is 17.6. The Morgan fingerprint density at radius 2 is 1.09 bits per heavy atom. The van der Waals surface area contributed by atoms with Crippen LogP contribution >= 0.6 is 7.82 Å². The van der Waals surface area contributed by atoms with Gasteiger partial charge >= 0.3 is 37.1 Å². The van der Waals surface area contributed by atoms with Gasteiger partial charge in [-0.15, -0.1) is 0 Å². The summed E-state index contributed by atoms with van der Waals surface area (Å²) in [6.45, 7) is 0. The van der Waals surface area contributed by atoms with Gasteiger partial charge in [-0.2, -0.15) is 8.42 Å². The molecule has 11 heteroatoms. The second-order valence-electron chi connectivity index (χ2n) is 0.961. The van der Waals surface area contributed by atoms with E-state index in [9.17, 15) is 0 Å². The molecule has 0 bridgehead atoms. The molecular weight excluding hydrogens is 198 g/mol. The van der Waals surface area contributed by atoms with Gasteiger partial charge in [-0.1, -0.05) is 0 Å². The van der Waals surface area contributed by atoms with Gasteiger partial charge < -0.3 is 16.1 Å². The van der Waals surface area contributed by atoms with Gasteiger partial charge in [0.2, 0.25) is 0 Å². The third kappa shape index (κ3) is 2330. The van der Waals surface area contributed by atoms with E-state index in [4.69, 9.17) is 36.8 Å². The molecule has 0 radical (unpaired) electrons. The van der Waals surface area contributed by atoms with Crippen molar-refractivity contribution in [3.05, 3.63) is 0 Å². The quantitative estimate of drug-likeness (QED) is 0.150. The fraction of sp³-hybridized carbons (Fsp3) is 0. The molecular formula is H6LiO8PS. The molecule has 66 valence electrons. The van der Waals surface area contributed by atoms with Crippen LogP contribution in [0.25, 0.3) is 0 Å². The molecule has 0 rings (SSSR count). The van der Waals surface area contributed by atoms with Crippen LogP contribution in [0.5, 0.6) is 0 Å². The predicted molar refractivity (Wildman–Crippen MR) is 29.6 cm³/mol. The molecule has 0 unspecified atom stereocenters. The average Bonchev–Trinajstić information content (AvgIpc) is 1.12. The van der Waals surface area contributed by atoms with Gasteiger partial charge in [-0.3, -0.25) is 9.11 Å². The van der Waals surface area contributed by atoms with Crippen LogP contribution in [-0.2, 0) is 15.0 Å². The van der Waals surface area contributed by atoms with Crippen molar-refractivity contribution in [3.63, 3.8) is 0 Å². The molecule has 0 aliphatic carbocycles. The first-order valence-electron chi connectivity index (χ1n) is 1.48. The smallest absolute Gasteiger partial charge is 1.00 e. The summed E-state index contributed by atoms with van der Waals surface area (Å²) < 4.78 is 40.5. The summed E-state index contributed by atoms with van der Waals surface area (Å²) in [5.41, 5.74) is 0. The second-order valence-corrected chi connectivity index (χ2v) is 2.88. The number of phosphoric acid groups is 1. The topological polar surface area (TPSA) is 152 Å². The zero-order valence-electron chi connectivity index (χ0n) is 6.32. The zero-order valence-corrected chi connectivity index (χ0v) is 7.03. The zero-order chi connectivity index (χ0) is 9.00. The largest absolute Gasteiger partial charge is 1.00 e. The summed E-state index contributed by atoms with van der Waals surface area (Å²) in [6.07, 6.45) is 0. The Morgan fingerprint density at radius 3 is 1.09 bits per heavy atom. The maximum atomic E-state index is 8.88. The van der Waals surface area contributed by atoms with Crippen LogP contribution in [0.3, 0.4) is 0 Å². The van der Waals surface area contributed by atoms with Crippen molar-refractivity contribution in [2.24, 2.45) is 0 Å². The van der Waals surface area contributed by atoms with E-state index in [1.54, 1.807) is 0 Å². The first-order valence-corrected chi connectivity index (χ1v) is 4.44. The van der Waals surface area contributed by atoms with Crippen LogP contribution in [0.15, 0.2) is 0 Å². The van der Waals surface area contributed by atoms with E-state index in [2.05, 4.69) is 0 Å². The second kappa shape index (κ2) is 6.13. The Labute approximate surface area is 75.7 Å². The number of hydrogen-bond donors (Lipinski definition) is 5. The first-order chi connectivity index (χ1) is 4.00. The molecule has 0 atom stereocenters. The van der Waals surface area contributed by atoms with E-state index < -0.39 is 18.2 Å². The van der Waals surface area contributed by atoms with Crippen molar-refractivity contribution in [3.8, 4) is 0 Å². The molecule has 0 aromatic heterocycles. The van der Waals surface area contributed by atoms with E-state index >= 15 is 0 Å². The Hall–Kier alpha value is 0.577. The van der Waals surface area contributed by atoms with Gasteiger partial charge in [0, 0.05) is 0 Å². The normalized spacial score (nSPS) is 10.6. The molecule has 0 aromatic rings. The van der Waals surface area contributed by atoms with E-state index in [1.807, 2.05) is 0 Å². The molecule has 0 aromatic carbocycles. The molecule has 0 amide bonds. The third-order valence-electron chi connectivity index (χ3n) is 0. The summed E-state index contributed by atoms with van der Waals surface area (Å²) >= 11 is 0. The van der Waals surface area contributed by atoms with Crippen LogP contribution in [0, 0.1) is 0 Å². The van der Waals surface area contributed by atoms with Gasteiger partial charge in [0.05, 0.1) is 0 Å². The Bertz CT molecular complexity index is 197. The molecule has 0 aliphatic rings. The van der Waals surface area contributed by atoms with Gasteiger partial charge in [0.15, 0.2) is 0 Å². The van der Waals surface area contributed by atoms with Crippen molar-refractivity contribution in [1.82, 2.24) is 0 Å². The van der Waals surface area contributed by atoms with Crippen molar-refractivity contribution in [1.29, 1.82) is 0 Å². The Balaban J connectivity index is -0.0000000457. The average molecular weight is 204 g/mol. The SMILES string of the molecule is O=P(O)(O)O.O=S(=O)(O)O.[H-].[Li+]. The molecule has 8 nitrogen and oxygen atoms in total. The van der Waals surface area contributed by atoms with Crippen molar-refractivity contribution in [2.45, 2.75) is 0 Å². The molecule has 0 saturated carbocycles. The molecule has 11 heavy (non-hydrogen) atoms. The summed E-state index contributed by atoms with van der Waals surface area (Å²) in [5.74, 6) is 0. The summed E-state index contributed by atoms with van der Waals surface area (Å²) in [7, 11) is -9.31. The van der Waals surface area contributed by atoms with Crippen molar-refractivity contribution in [2.75, 3.05) is 0 Å². The van der Waals surface area contributed by atoms with Crippen molar-refractivity contribution < 1.29 is 57.1 Å². The van der Waals surface area contributed by atoms with Gasteiger partial charge in [-0.05, 0) is 0 Å². The van der Waals surface area contributed by atoms with E-state index in [0.29, 0.717) is 0 Å². The van der Waals surface area contributed by atoms with Crippen LogP contribution in [0.1, 0.15) is 1.43 Å². The molecule has 0 saturated heterocycles. The summed E-state index contributed by atoms with van der Waals surface area (Å²) in [6, 6.07) is 0. The standard InChI is InChI=1S/Li.H3O4P.H2O4S.H/c;2*1-5(2,3)4;/h;(H3,1,2,3,4);(H2,1,2,3,4);/q+1;;;-1. The maximum Gasteiger partial charge on any atom is 1.00 e. The van der Waals surface area contributed by atoms with Crippen LogP contribution in [0.4, 0.5) is 0 Å². The minimum Gasteiger partial charge on any atom is -1.00 e. The number of rotatable bonds is 0. The maximum absolute atomic E-state index is 8.88. The molecule has 0 spiro atoms. The van der Waals surface area contributed by atoms with Gasteiger partial charge in [0.1, 0.15) is 0 Å². The van der Waals surface area contributed by atoms with Gasteiger partial charge in [-0.25, -0.2) is 4.57 Å².